The minimum atomic E-state index is -0.174. The van der Waals surface area contributed by atoms with Crippen molar-refractivity contribution < 1.29 is 4.79 Å². The minimum Gasteiger partial charge on any atom is -0.355 e. The Morgan fingerprint density at radius 3 is 2.76 bits per heavy atom. The van der Waals surface area contributed by atoms with E-state index in [0.717, 1.165) is 31.5 Å². The van der Waals surface area contributed by atoms with Crippen molar-refractivity contribution >= 4 is 27.3 Å². The second-order valence-corrected chi connectivity index (χ2v) is 8.66. The standard InChI is InChI=1S/C20H32N6O2S/c1-3-9-16-14-18(28)26-19(22-16)29-20(23-26)24(2)15-17(27)21-10-8-13-25-11-6-4-5-7-12-25/h14H,3-13,15H2,1-2H3,(H,21,27). The third-order valence-electron chi connectivity index (χ3n) is 5.17. The fourth-order valence-electron chi connectivity index (χ4n) is 3.61. The largest absolute Gasteiger partial charge is 0.355 e. The molecule has 9 heteroatoms. The number of fused-ring (bicyclic) bond motifs is 1. The van der Waals surface area contributed by atoms with E-state index in [-0.39, 0.29) is 18.0 Å². The lowest BCUT2D eigenvalue weighted by Crippen LogP contribution is -2.37. The van der Waals surface area contributed by atoms with Gasteiger partial charge in [-0.1, -0.05) is 37.5 Å². The molecule has 2 aromatic rings. The molecule has 3 rings (SSSR count). The zero-order valence-corrected chi connectivity index (χ0v) is 18.3. The van der Waals surface area contributed by atoms with Crippen molar-refractivity contribution in [2.45, 2.75) is 51.9 Å². The summed E-state index contributed by atoms with van der Waals surface area (Å²) in [6.07, 6.45) is 7.94. The average Bonchev–Trinajstić information content (AvgIpc) is 2.95. The van der Waals surface area contributed by atoms with Crippen LogP contribution in [0.2, 0.25) is 0 Å². The zero-order chi connectivity index (χ0) is 20.6. The lowest BCUT2D eigenvalue weighted by atomic mass is 10.2. The molecule has 0 aromatic carbocycles. The molecule has 29 heavy (non-hydrogen) atoms. The summed E-state index contributed by atoms with van der Waals surface area (Å²) in [5.41, 5.74) is 0.616. The quantitative estimate of drug-likeness (QED) is 0.624. The third-order valence-corrected chi connectivity index (χ3v) is 6.20. The maximum atomic E-state index is 12.3. The summed E-state index contributed by atoms with van der Waals surface area (Å²) in [5, 5.41) is 7.94. The Hall–Kier alpha value is -2.00. The van der Waals surface area contributed by atoms with E-state index >= 15 is 0 Å². The highest BCUT2D eigenvalue weighted by atomic mass is 32.1. The molecule has 8 nitrogen and oxygen atoms in total. The van der Waals surface area contributed by atoms with E-state index in [4.69, 9.17) is 0 Å². The van der Waals surface area contributed by atoms with Crippen molar-refractivity contribution in [3.63, 3.8) is 0 Å². The number of hydrogen-bond donors (Lipinski definition) is 1. The molecule has 3 heterocycles. The molecule has 0 atom stereocenters. The molecule has 0 bridgehead atoms. The Labute approximate surface area is 175 Å². The number of hydrogen-bond acceptors (Lipinski definition) is 7. The Morgan fingerprint density at radius 2 is 2.03 bits per heavy atom. The highest BCUT2D eigenvalue weighted by molar-refractivity contribution is 7.20. The monoisotopic (exact) mass is 420 g/mol. The Balaban J connectivity index is 1.47. The van der Waals surface area contributed by atoms with Gasteiger partial charge in [-0.25, -0.2) is 4.98 Å². The lowest BCUT2D eigenvalue weighted by molar-refractivity contribution is -0.119. The van der Waals surface area contributed by atoms with Crippen LogP contribution >= 0.6 is 11.3 Å². The topological polar surface area (TPSA) is 82.8 Å². The van der Waals surface area contributed by atoms with Crippen LogP contribution in [0.3, 0.4) is 0 Å². The molecule has 0 spiro atoms. The fraction of sp³-hybridized carbons (Fsp3) is 0.700. The highest BCUT2D eigenvalue weighted by Gasteiger charge is 2.15. The SMILES string of the molecule is CCCc1cc(=O)n2nc(N(C)CC(=O)NCCCN3CCCCCC3)sc2n1. The first-order chi connectivity index (χ1) is 14.1. The van der Waals surface area contributed by atoms with Gasteiger partial charge in [0.2, 0.25) is 16.0 Å². The summed E-state index contributed by atoms with van der Waals surface area (Å²) in [4.78, 5) is 33.9. The molecule has 0 aliphatic carbocycles. The molecule has 1 fully saturated rings. The Bertz CT molecular complexity index is 856. The van der Waals surface area contributed by atoms with Gasteiger partial charge < -0.3 is 15.1 Å². The molecular weight excluding hydrogens is 388 g/mol. The van der Waals surface area contributed by atoms with E-state index in [2.05, 4.69) is 27.2 Å². The van der Waals surface area contributed by atoms with E-state index in [1.54, 1.807) is 4.90 Å². The number of rotatable bonds is 9. The van der Waals surface area contributed by atoms with Crippen molar-refractivity contribution in [1.29, 1.82) is 0 Å². The predicted molar refractivity (Wildman–Crippen MR) is 117 cm³/mol. The molecule has 1 aliphatic heterocycles. The summed E-state index contributed by atoms with van der Waals surface area (Å²) in [7, 11) is 1.81. The molecule has 160 valence electrons. The van der Waals surface area contributed by atoms with E-state index in [1.165, 1.54) is 60.7 Å². The third kappa shape index (κ3) is 6.24. The number of carbonyl (C=O) groups is 1. The van der Waals surface area contributed by atoms with Crippen molar-refractivity contribution in [2.24, 2.45) is 0 Å². The van der Waals surface area contributed by atoms with Gasteiger partial charge in [0.1, 0.15) is 0 Å². The van der Waals surface area contributed by atoms with Crippen LogP contribution in [0.25, 0.3) is 4.96 Å². The summed E-state index contributed by atoms with van der Waals surface area (Å²) in [6.45, 7) is 6.36. The summed E-state index contributed by atoms with van der Waals surface area (Å²) in [5.74, 6) is -0.0328. The van der Waals surface area contributed by atoms with Crippen LogP contribution in [0.1, 0.15) is 51.1 Å². The van der Waals surface area contributed by atoms with E-state index in [0.29, 0.717) is 16.6 Å². The molecule has 1 aliphatic rings. The first-order valence-electron chi connectivity index (χ1n) is 10.7. The van der Waals surface area contributed by atoms with E-state index < -0.39 is 0 Å². The summed E-state index contributed by atoms with van der Waals surface area (Å²) >= 11 is 1.33. The van der Waals surface area contributed by atoms with E-state index in [9.17, 15) is 9.59 Å². The van der Waals surface area contributed by atoms with Gasteiger partial charge >= 0.3 is 0 Å². The smallest absolute Gasteiger partial charge is 0.275 e. The van der Waals surface area contributed by atoms with Crippen LogP contribution in [0.5, 0.6) is 0 Å². The number of likely N-dealkylation sites (tertiary alicyclic amines) is 1. The van der Waals surface area contributed by atoms with Gasteiger partial charge in [0.05, 0.1) is 6.54 Å². The lowest BCUT2D eigenvalue weighted by Gasteiger charge is -2.20. The van der Waals surface area contributed by atoms with Gasteiger partial charge in [0.25, 0.3) is 5.56 Å². The predicted octanol–water partition coefficient (Wildman–Crippen LogP) is 1.92. The van der Waals surface area contributed by atoms with Crippen molar-refractivity contribution in [2.75, 3.05) is 44.7 Å². The molecule has 1 saturated heterocycles. The maximum Gasteiger partial charge on any atom is 0.275 e. The molecule has 1 N–H and O–H groups in total. The summed E-state index contributed by atoms with van der Waals surface area (Å²) in [6, 6.07) is 1.54. The van der Waals surface area contributed by atoms with E-state index in [1.807, 2.05) is 7.05 Å². The number of aryl methyl sites for hydroxylation is 1. The molecule has 2 aromatic heterocycles. The van der Waals surface area contributed by atoms with Crippen LogP contribution in [0.15, 0.2) is 10.9 Å². The second kappa shape index (κ2) is 10.7. The van der Waals surface area contributed by atoms with Gasteiger partial charge in [0.15, 0.2) is 0 Å². The summed E-state index contributed by atoms with van der Waals surface area (Å²) < 4.78 is 1.31. The number of anilines is 1. The van der Waals surface area contributed by atoms with Crippen LogP contribution in [0.4, 0.5) is 5.13 Å². The fourth-order valence-corrected chi connectivity index (χ4v) is 4.50. The second-order valence-electron chi connectivity index (χ2n) is 7.73. The first-order valence-corrected chi connectivity index (χ1v) is 11.5. The zero-order valence-electron chi connectivity index (χ0n) is 17.5. The molecule has 0 radical (unpaired) electrons. The number of nitrogens with one attached hydrogen (secondary N) is 1. The van der Waals surface area contributed by atoms with Gasteiger partial charge in [-0.15, -0.1) is 5.10 Å². The highest BCUT2D eigenvalue weighted by Crippen LogP contribution is 2.20. The van der Waals surface area contributed by atoms with Gasteiger partial charge in [-0.2, -0.15) is 4.52 Å². The average molecular weight is 421 g/mol. The Morgan fingerprint density at radius 1 is 1.28 bits per heavy atom. The molecular formula is C20H32N6O2S. The van der Waals surface area contributed by atoms with Crippen LogP contribution < -0.4 is 15.8 Å². The van der Waals surface area contributed by atoms with Crippen molar-refractivity contribution in [3.8, 4) is 0 Å². The van der Waals surface area contributed by atoms with Gasteiger partial charge in [-0.3, -0.25) is 9.59 Å². The molecule has 1 amide bonds. The van der Waals surface area contributed by atoms with Crippen LogP contribution in [-0.2, 0) is 11.2 Å². The van der Waals surface area contributed by atoms with Crippen LogP contribution in [0, 0.1) is 0 Å². The normalized spacial score (nSPS) is 15.4. The number of likely N-dealkylation sites (N-methyl/N-ethyl adjacent to an activating group) is 1. The first kappa shape index (κ1) is 21.7. The molecule has 0 saturated carbocycles. The molecule has 0 unspecified atom stereocenters. The van der Waals surface area contributed by atoms with Crippen molar-refractivity contribution in [3.05, 3.63) is 22.1 Å². The van der Waals surface area contributed by atoms with Gasteiger partial charge in [-0.05, 0) is 45.3 Å². The number of amides is 1. The van der Waals surface area contributed by atoms with Crippen LogP contribution in [-0.4, -0.2) is 65.2 Å². The maximum absolute atomic E-state index is 12.3. The van der Waals surface area contributed by atoms with Gasteiger partial charge in [0, 0.05) is 25.4 Å². The Kier molecular flexibility index (Phi) is 8.00. The number of carbonyl (C=O) groups excluding carboxylic acids is 1. The minimum absolute atomic E-state index is 0.0328. The number of aromatic nitrogens is 3. The number of nitrogens with zero attached hydrogens (tertiary/aromatic N) is 5. The van der Waals surface area contributed by atoms with Crippen molar-refractivity contribution in [1.82, 2.24) is 24.8 Å².